The molecule has 1 atom stereocenters. The molecule has 4 N–H and O–H groups in total. The Labute approximate surface area is 163 Å². The van der Waals surface area contributed by atoms with Crippen LogP contribution in [-0.4, -0.2) is 37.8 Å². The summed E-state index contributed by atoms with van der Waals surface area (Å²) in [4.78, 5) is 4.44. The molecule has 1 aromatic rings. The van der Waals surface area contributed by atoms with Crippen molar-refractivity contribution >= 4 is 29.9 Å². The number of hydrogen-bond donors (Lipinski definition) is 3. The Bertz CT molecular complexity index is 465. The van der Waals surface area contributed by atoms with Crippen molar-refractivity contribution in [1.29, 1.82) is 0 Å². The fourth-order valence-corrected chi connectivity index (χ4v) is 2.33. The van der Waals surface area contributed by atoms with Gasteiger partial charge in [0.25, 0.3) is 0 Å². The number of nitrogens with two attached hydrogens (primary N) is 1. The summed E-state index contributed by atoms with van der Waals surface area (Å²) < 4.78 is 5.28. The van der Waals surface area contributed by atoms with Gasteiger partial charge in [-0.05, 0) is 39.7 Å². The fraction of sp³-hybridized carbons (Fsp3) is 0.611. The van der Waals surface area contributed by atoms with Gasteiger partial charge in [-0.1, -0.05) is 30.3 Å². The van der Waals surface area contributed by atoms with Crippen LogP contribution in [0.15, 0.2) is 35.3 Å². The molecule has 0 aliphatic rings. The minimum absolute atomic E-state index is 0. The predicted octanol–water partition coefficient (Wildman–Crippen LogP) is 3.06. The van der Waals surface area contributed by atoms with E-state index in [0.29, 0.717) is 12.5 Å². The summed E-state index contributed by atoms with van der Waals surface area (Å²) in [6.07, 6.45) is 0.927. The summed E-state index contributed by atoms with van der Waals surface area (Å²) in [6, 6.07) is 10.7. The van der Waals surface area contributed by atoms with Gasteiger partial charge in [0.1, 0.15) is 0 Å². The van der Waals surface area contributed by atoms with Gasteiger partial charge < -0.3 is 21.1 Å². The van der Waals surface area contributed by atoms with Crippen LogP contribution < -0.4 is 16.4 Å². The molecular weight excluding hydrogens is 415 g/mol. The highest BCUT2D eigenvalue weighted by Gasteiger charge is 2.20. The van der Waals surface area contributed by atoms with Crippen molar-refractivity contribution in [3.63, 3.8) is 0 Å². The van der Waals surface area contributed by atoms with Crippen molar-refractivity contribution in [2.45, 2.75) is 45.7 Å². The standard InChI is InChI=1S/C18H32N4O.HI/c1-5-23-13-9-12-20-17(19)21-14-18(3,4)22-15(2)16-10-7-6-8-11-16;/h6-8,10-11,15,22H,5,9,12-14H2,1-4H3,(H3,19,20,21);1H. The molecule has 0 saturated heterocycles. The lowest BCUT2D eigenvalue weighted by atomic mass is 10.0. The molecule has 0 spiro atoms. The normalized spacial score (nSPS) is 13.2. The second kappa shape index (κ2) is 12.5. The van der Waals surface area contributed by atoms with Crippen LogP contribution in [0.3, 0.4) is 0 Å². The SMILES string of the molecule is CCOCCCNC(N)=NCC(C)(C)NC(C)c1ccccc1.I. The molecule has 0 saturated carbocycles. The predicted molar refractivity (Wildman–Crippen MR) is 113 cm³/mol. The van der Waals surface area contributed by atoms with Crippen molar-refractivity contribution in [1.82, 2.24) is 10.6 Å². The molecule has 0 amide bonds. The topological polar surface area (TPSA) is 71.7 Å². The van der Waals surface area contributed by atoms with Crippen molar-refractivity contribution in [2.24, 2.45) is 10.7 Å². The smallest absolute Gasteiger partial charge is 0.188 e. The summed E-state index contributed by atoms with van der Waals surface area (Å²) in [5, 5.41) is 6.72. The number of aliphatic imine (C=N–C) groups is 1. The van der Waals surface area contributed by atoms with Gasteiger partial charge in [-0.15, -0.1) is 24.0 Å². The van der Waals surface area contributed by atoms with Gasteiger partial charge in [-0.2, -0.15) is 0 Å². The van der Waals surface area contributed by atoms with E-state index in [1.165, 1.54) is 5.56 Å². The maximum absolute atomic E-state index is 5.91. The summed E-state index contributed by atoms with van der Waals surface area (Å²) in [7, 11) is 0. The molecule has 0 bridgehead atoms. The van der Waals surface area contributed by atoms with E-state index in [0.717, 1.165) is 26.2 Å². The highest BCUT2D eigenvalue weighted by atomic mass is 127. The van der Waals surface area contributed by atoms with Gasteiger partial charge in [0.05, 0.1) is 6.54 Å². The van der Waals surface area contributed by atoms with E-state index in [1.54, 1.807) is 0 Å². The van der Waals surface area contributed by atoms with Crippen LogP contribution in [0.1, 0.15) is 45.7 Å². The zero-order valence-corrected chi connectivity index (χ0v) is 17.7. The van der Waals surface area contributed by atoms with E-state index in [9.17, 15) is 0 Å². The fourth-order valence-electron chi connectivity index (χ4n) is 2.33. The van der Waals surface area contributed by atoms with Crippen LogP contribution in [0.25, 0.3) is 0 Å². The van der Waals surface area contributed by atoms with Gasteiger partial charge in [-0.3, -0.25) is 4.99 Å². The van der Waals surface area contributed by atoms with E-state index in [2.05, 4.69) is 60.7 Å². The van der Waals surface area contributed by atoms with Crippen LogP contribution in [-0.2, 0) is 4.74 Å². The number of nitrogens with one attached hydrogen (secondary N) is 2. The molecule has 5 nitrogen and oxygen atoms in total. The lowest BCUT2D eigenvalue weighted by Crippen LogP contribution is -2.44. The average Bonchev–Trinajstić information content (AvgIpc) is 2.53. The molecule has 24 heavy (non-hydrogen) atoms. The molecule has 0 aliphatic heterocycles. The molecule has 1 unspecified atom stereocenters. The van der Waals surface area contributed by atoms with Crippen LogP contribution in [0.4, 0.5) is 0 Å². The third-order valence-electron chi connectivity index (χ3n) is 3.53. The Balaban J connectivity index is 0.00000529. The first-order chi connectivity index (χ1) is 10.9. The van der Waals surface area contributed by atoms with E-state index in [1.807, 2.05) is 13.0 Å². The molecule has 0 aromatic heterocycles. The molecule has 0 fully saturated rings. The quantitative estimate of drug-likeness (QED) is 0.223. The van der Waals surface area contributed by atoms with Crippen molar-refractivity contribution in [3.8, 4) is 0 Å². The number of guanidine groups is 1. The third-order valence-corrected chi connectivity index (χ3v) is 3.53. The van der Waals surface area contributed by atoms with E-state index in [-0.39, 0.29) is 35.6 Å². The van der Waals surface area contributed by atoms with E-state index in [4.69, 9.17) is 10.5 Å². The van der Waals surface area contributed by atoms with Gasteiger partial charge in [0.2, 0.25) is 0 Å². The van der Waals surface area contributed by atoms with E-state index < -0.39 is 0 Å². The Kier molecular flexibility index (Phi) is 12.0. The minimum Gasteiger partial charge on any atom is -0.382 e. The lowest BCUT2D eigenvalue weighted by molar-refractivity contribution is 0.145. The van der Waals surface area contributed by atoms with Crippen molar-refractivity contribution < 1.29 is 4.74 Å². The Morgan fingerprint density at radius 3 is 2.58 bits per heavy atom. The first-order valence-electron chi connectivity index (χ1n) is 8.39. The molecule has 138 valence electrons. The van der Waals surface area contributed by atoms with Crippen molar-refractivity contribution in [3.05, 3.63) is 35.9 Å². The van der Waals surface area contributed by atoms with Gasteiger partial charge in [-0.25, -0.2) is 0 Å². The van der Waals surface area contributed by atoms with E-state index >= 15 is 0 Å². The highest BCUT2D eigenvalue weighted by Crippen LogP contribution is 2.16. The molecule has 1 rings (SSSR count). The summed E-state index contributed by atoms with van der Waals surface area (Å²) in [6.45, 7) is 11.3. The number of benzene rings is 1. The maximum atomic E-state index is 5.91. The molecule has 6 heteroatoms. The Morgan fingerprint density at radius 1 is 1.29 bits per heavy atom. The number of halogens is 1. The van der Waals surface area contributed by atoms with Gasteiger partial charge >= 0.3 is 0 Å². The van der Waals surface area contributed by atoms with Gasteiger partial charge in [0, 0.05) is 31.3 Å². The third kappa shape index (κ3) is 10.1. The number of ether oxygens (including phenoxy) is 1. The second-order valence-corrected chi connectivity index (χ2v) is 6.34. The molecule has 1 aromatic carbocycles. The summed E-state index contributed by atoms with van der Waals surface area (Å²) in [5.74, 6) is 0.490. The zero-order chi connectivity index (χ0) is 17.1. The first kappa shape index (κ1) is 23.1. The van der Waals surface area contributed by atoms with Gasteiger partial charge in [0.15, 0.2) is 5.96 Å². The second-order valence-electron chi connectivity index (χ2n) is 6.34. The monoisotopic (exact) mass is 448 g/mol. The van der Waals surface area contributed by atoms with Crippen molar-refractivity contribution in [2.75, 3.05) is 26.3 Å². The number of nitrogens with zero attached hydrogens (tertiary/aromatic N) is 1. The number of hydrogen-bond acceptors (Lipinski definition) is 3. The Hall–Kier alpha value is -0.860. The molecular formula is C18H33IN4O. The summed E-state index contributed by atoms with van der Waals surface area (Å²) in [5.41, 5.74) is 7.05. The lowest BCUT2D eigenvalue weighted by Gasteiger charge is -2.29. The van der Waals surface area contributed by atoms with Crippen LogP contribution in [0.2, 0.25) is 0 Å². The summed E-state index contributed by atoms with van der Waals surface area (Å²) >= 11 is 0. The van der Waals surface area contributed by atoms with Crippen LogP contribution >= 0.6 is 24.0 Å². The van der Waals surface area contributed by atoms with Crippen LogP contribution in [0.5, 0.6) is 0 Å². The first-order valence-corrected chi connectivity index (χ1v) is 8.39. The highest BCUT2D eigenvalue weighted by molar-refractivity contribution is 14.0. The molecule has 0 aliphatic carbocycles. The molecule has 0 radical (unpaired) electrons. The largest absolute Gasteiger partial charge is 0.382 e. The average molecular weight is 448 g/mol. The Morgan fingerprint density at radius 2 is 1.96 bits per heavy atom. The zero-order valence-electron chi connectivity index (χ0n) is 15.3. The maximum Gasteiger partial charge on any atom is 0.188 e. The minimum atomic E-state index is -0.132. The molecule has 0 heterocycles. The van der Waals surface area contributed by atoms with Crippen LogP contribution in [0, 0.1) is 0 Å². The number of rotatable bonds is 10.